The molecular weight excluding hydrogens is 232 g/mol. The van der Waals surface area contributed by atoms with Crippen LogP contribution in [0.4, 0.5) is 0 Å². The van der Waals surface area contributed by atoms with Gasteiger partial charge in [0.15, 0.2) is 11.6 Å². The summed E-state index contributed by atoms with van der Waals surface area (Å²) in [7, 11) is 0. The lowest BCUT2D eigenvalue weighted by Crippen LogP contribution is -2.06. The van der Waals surface area contributed by atoms with Crippen molar-refractivity contribution < 1.29 is 19.1 Å². The number of benzene rings is 1. The van der Waals surface area contributed by atoms with Crippen molar-refractivity contribution in [1.29, 1.82) is 0 Å². The van der Waals surface area contributed by atoms with Crippen LogP contribution in [-0.4, -0.2) is 24.8 Å². The molecule has 4 heteroatoms. The minimum absolute atomic E-state index is 0.0231. The van der Waals surface area contributed by atoms with Gasteiger partial charge in [-0.1, -0.05) is 0 Å². The molecule has 0 bridgehead atoms. The highest BCUT2D eigenvalue weighted by Crippen LogP contribution is 2.44. The zero-order valence-electron chi connectivity index (χ0n) is 10.5. The topological polar surface area (TPSA) is 52.6 Å². The maximum atomic E-state index is 11.8. The Labute approximate surface area is 105 Å². The van der Waals surface area contributed by atoms with Gasteiger partial charge in [0.2, 0.25) is 0 Å². The molecule has 18 heavy (non-hydrogen) atoms. The average molecular weight is 246 g/mol. The molecule has 0 spiro atoms. The third kappa shape index (κ3) is 1.38. The van der Waals surface area contributed by atoms with Crippen LogP contribution in [0.2, 0.25) is 0 Å². The Hall–Kier alpha value is -1.84. The van der Waals surface area contributed by atoms with E-state index in [1.54, 1.807) is 0 Å². The maximum Gasteiger partial charge on any atom is 0.163 e. The Morgan fingerprint density at radius 3 is 1.56 bits per heavy atom. The number of Topliss-reactive ketones (excluding diaryl/α,β-unsaturated/α-hetero) is 2. The summed E-state index contributed by atoms with van der Waals surface area (Å²) in [4.78, 5) is 23.7. The van der Waals surface area contributed by atoms with Crippen molar-refractivity contribution in [2.75, 3.05) is 13.2 Å². The smallest absolute Gasteiger partial charge is 0.163 e. The molecule has 2 heterocycles. The number of carbonyl (C=O) groups excluding carboxylic acids is 2. The summed E-state index contributed by atoms with van der Waals surface area (Å²) in [6, 6.07) is 0. The van der Waals surface area contributed by atoms with Crippen LogP contribution < -0.4 is 9.47 Å². The van der Waals surface area contributed by atoms with Gasteiger partial charge in [0, 0.05) is 24.0 Å². The van der Waals surface area contributed by atoms with E-state index in [9.17, 15) is 9.59 Å². The molecule has 2 aliphatic heterocycles. The Morgan fingerprint density at radius 2 is 1.22 bits per heavy atom. The summed E-state index contributed by atoms with van der Waals surface area (Å²) in [6.07, 6.45) is 1.34. The van der Waals surface area contributed by atoms with E-state index in [2.05, 4.69) is 0 Å². The van der Waals surface area contributed by atoms with Gasteiger partial charge in [0.1, 0.15) is 11.5 Å². The summed E-state index contributed by atoms with van der Waals surface area (Å²) in [6.45, 7) is 4.12. The quantitative estimate of drug-likeness (QED) is 0.748. The van der Waals surface area contributed by atoms with E-state index >= 15 is 0 Å². The largest absolute Gasteiger partial charge is 0.492 e. The lowest BCUT2D eigenvalue weighted by atomic mass is 9.91. The monoisotopic (exact) mass is 246 g/mol. The Morgan fingerprint density at radius 1 is 0.833 bits per heavy atom. The molecule has 1 aromatic rings. The zero-order valence-corrected chi connectivity index (χ0v) is 10.5. The summed E-state index contributed by atoms with van der Waals surface area (Å²) < 4.78 is 11.2. The number of carbonyl (C=O) groups is 2. The van der Waals surface area contributed by atoms with Crippen molar-refractivity contribution in [3.05, 3.63) is 22.3 Å². The molecule has 3 rings (SSSR count). The molecular formula is C14H14O4. The minimum atomic E-state index is -0.0231. The second-order valence-corrected chi connectivity index (χ2v) is 4.67. The highest BCUT2D eigenvalue weighted by molar-refractivity contribution is 6.06. The van der Waals surface area contributed by atoms with Crippen LogP contribution in [0.3, 0.4) is 0 Å². The predicted molar refractivity (Wildman–Crippen MR) is 64.8 cm³/mol. The first kappa shape index (κ1) is 11.3. The van der Waals surface area contributed by atoms with E-state index in [0.29, 0.717) is 48.7 Å². The number of hydrogen-bond donors (Lipinski definition) is 0. The maximum absolute atomic E-state index is 11.8. The van der Waals surface area contributed by atoms with E-state index in [-0.39, 0.29) is 11.6 Å². The fourth-order valence-electron chi connectivity index (χ4n) is 2.85. The van der Waals surface area contributed by atoms with E-state index in [1.807, 2.05) is 0 Å². The molecule has 0 aromatic heterocycles. The molecule has 0 N–H and O–H groups in total. The van der Waals surface area contributed by atoms with Crippen molar-refractivity contribution in [2.24, 2.45) is 0 Å². The van der Waals surface area contributed by atoms with Crippen LogP contribution in [0.15, 0.2) is 0 Å². The van der Waals surface area contributed by atoms with Crippen LogP contribution in [0, 0.1) is 0 Å². The number of ether oxygens (including phenoxy) is 2. The number of ketones is 2. The lowest BCUT2D eigenvalue weighted by molar-refractivity contribution is 0.0996. The lowest BCUT2D eigenvalue weighted by Gasteiger charge is -2.14. The Balaban J connectivity index is 2.39. The van der Waals surface area contributed by atoms with Crippen LogP contribution in [0.1, 0.15) is 45.7 Å². The molecule has 0 atom stereocenters. The van der Waals surface area contributed by atoms with Crippen LogP contribution in [0.25, 0.3) is 0 Å². The Kier molecular flexibility index (Phi) is 2.40. The van der Waals surface area contributed by atoms with Gasteiger partial charge in [-0.15, -0.1) is 0 Å². The predicted octanol–water partition coefficient (Wildman–Crippen LogP) is 1.96. The molecule has 0 radical (unpaired) electrons. The van der Waals surface area contributed by atoms with Gasteiger partial charge in [-0.25, -0.2) is 0 Å². The van der Waals surface area contributed by atoms with Crippen molar-refractivity contribution in [3.8, 4) is 11.5 Å². The first-order valence-corrected chi connectivity index (χ1v) is 6.10. The molecule has 0 amide bonds. The van der Waals surface area contributed by atoms with E-state index in [0.717, 1.165) is 11.1 Å². The van der Waals surface area contributed by atoms with Crippen LogP contribution >= 0.6 is 0 Å². The molecule has 0 saturated carbocycles. The molecule has 0 aliphatic carbocycles. The first-order valence-electron chi connectivity index (χ1n) is 6.10. The third-order valence-electron chi connectivity index (χ3n) is 3.51. The molecule has 4 nitrogen and oxygen atoms in total. The number of hydrogen-bond acceptors (Lipinski definition) is 4. The molecule has 2 aliphatic rings. The fraction of sp³-hybridized carbons (Fsp3) is 0.429. The summed E-state index contributed by atoms with van der Waals surface area (Å²) >= 11 is 0. The van der Waals surface area contributed by atoms with Gasteiger partial charge >= 0.3 is 0 Å². The number of fused-ring (bicyclic) bond motifs is 2. The molecule has 1 aromatic carbocycles. The van der Waals surface area contributed by atoms with Gasteiger partial charge in [-0.2, -0.15) is 0 Å². The van der Waals surface area contributed by atoms with E-state index in [1.165, 1.54) is 13.8 Å². The van der Waals surface area contributed by atoms with Gasteiger partial charge in [-0.05, 0) is 13.8 Å². The minimum Gasteiger partial charge on any atom is -0.492 e. The molecule has 0 unspecified atom stereocenters. The number of rotatable bonds is 2. The van der Waals surface area contributed by atoms with Crippen LogP contribution in [0.5, 0.6) is 11.5 Å². The van der Waals surface area contributed by atoms with Crippen molar-refractivity contribution in [2.45, 2.75) is 26.7 Å². The van der Waals surface area contributed by atoms with Gasteiger partial charge in [-0.3, -0.25) is 9.59 Å². The van der Waals surface area contributed by atoms with Gasteiger partial charge < -0.3 is 9.47 Å². The summed E-state index contributed by atoms with van der Waals surface area (Å²) in [5, 5.41) is 0. The van der Waals surface area contributed by atoms with E-state index in [4.69, 9.17) is 9.47 Å². The summed E-state index contributed by atoms with van der Waals surface area (Å²) in [5.41, 5.74) is 2.90. The second-order valence-electron chi connectivity index (χ2n) is 4.67. The average Bonchev–Trinajstić information content (AvgIpc) is 2.91. The van der Waals surface area contributed by atoms with Crippen molar-refractivity contribution in [1.82, 2.24) is 0 Å². The molecule has 94 valence electrons. The van der Waals surface area contributed by atoms with Crippen LogP contribution in [-0.2, 0) is 12.8 Å². The normalized spacial score (nSPS) is 15.7. The van der Waals surface area contributed by atoms with Crippen molar-refractivity contribution in [3.63, 3.8) is 0 Å². The fourth-order valence-corrected chi connectivity index (χ4v) is 2.85. The van der Waals surface area contributed by atoms with E-state index < -0.39 is 0 Å². The highest BCUT2D eigenvalue weighted by atomic mass is 16.5. The molecule has 0 fully saturated rings. The highest BCUT2D eigenvalue weighted by Gasteiger charge is 2.34. The third-order valence-corrected chi connectivity index (χ3v) is 3.51. The first-order chi connectivity index (χ1) is 8.61. The Bertz CT molecular complexity index is 488. The SMILES string of the molecule is CC(=O)c1c2c(c(C(C)=O)c3c1OCC3)OCC2. The van der Waals surface area contributed by atoms with Crippen molar-refractivity contribution >= 4 is 11.6 Å². The molecule has 0 saturated heterocycles. The van der Waals surface area contributed by atoms with Gasteiger partial charge in [0.05, 0.1) is 24.3 Å². The van der Waals surface area contributed by atoms with Gasteiger partial charge in [0.25, 0.3) is 0 Å². The zero-order chi connectivity index (χ0) is 12.9. The summed E-state index contributed by atoms with van der Waals surface area (Å²) in [5.74, 6) is 1.17. The standard InChI is InChI=1S/C14H14O4/c1-7(15)11-9-3-5-18-14(9)12(8(2)16)10-4-6-17-13(10)11/h3-6H2,1-2H3. The second kappa shape index (κ2) is 3.83.